The summed E-state index contributed by atoms with van der Waals surface area (Å²) >= 11 is 0. The molecule has 8 aliphatic rings. The summed E-state index contributed by atoms with van der Waals surface area (Å²) in [5.74, 6) is 9.08. The lowest BCUT2D eigenvalue weighted by Crippen LogP contribution is -2.59. The van der Waals surface area contributed by atoms with Gasteiger partial charge in [0.05, 0.1) is 0 Å². The highest BCUT2D eigenvalue weighted by atomic mass is 14.9. The standard InChI is InChI=1S/C23H34/c1-21(2)19-17-7-13-5-14(8-17)11-22(19,10-13)23-12-15-6-16(20(21)23)3-4-18(23)9-15/h13-20H,3-12H2,1-2H3. The van der Waals surface area contributed by atoms with Crippen LogP contribution in [0.5, 0.6) is 0 Å². The molecule has 8 aliphatic carbocycles. The van der Waals surface area contributed by atoms with Crippen molar-refractivity contribution in [1.29, 1.82) is 0 Å². The van der Waals surface area contributed by atoms with E-state index in [1.165, 1.54) is 0 Å². The molecule has 0 nitrogen and oxygen atoms in total. The number of fused-ring (bicyclic) bond motifs is 1. The third kappa shape index (κ3) is 1.16. The van der Waals surface area contributed by atoms with E-state index in [4.69, 9.17) is 0 Å². The Hall–Kier alpha value is 0. The van der Waals surface area contributed by atoms with Gasteiger partial charge >= 0.3 is 0 Å². The molecule has 0 aromatic carbocycles. The molecule has 0 aromatic rings. The second-order valence-corrected chi connectivity index (χ2v) is 12.2. The summed E-state index contributed by atoms with van der Waals surface area (Å²) in [6, 6.07) is 0. The van der Waals surface area contributed by atoms with Crippen LogP contribution in [0, 0.1) is 63.6 Å². The van der Waals surface area contributed by atoms with E-state index >= 15 is 0 Å². The molecule has 126 valence electrons. The Bertz CT molecular complexity index is 573. The molecular formula is C23H34. The van der Waals surface area contributed by atoms with Crippen molar-refractivity contribution in [3.8, 4) is 0 Å². The van der Waals surface area contributed by atoms with Gasteiger partial charge in [0.2, 0.25) is 0 Å². The van der Waals surface area contributed by atoms with Crippen molar-refractivity contribution in [2.45, 2.75) is 78.1 Å². The fraction of sp³-hybridized carbons (Fsp3) is 1.00. The molecule has 23 heavy (non-hydrogen) atoms. The predicted molar refractivity (Wildman–Crippen MR) is 92.7 cm³/mol. The van der Waals surface area contributed by atoms with Crippen LogP contribution in [-0.4, -0.2) is 0 Å². The van der Waals surface area contributed by atoms with Crippen molar-refractivity contribution < 1.29 is 0 Å². The third-order valence-electron chi connectivity index (χ3n) is 11.4. The second kappa shape index (κ2) is 3.59. The topological polar surface area (TPSA) is 0 Å². The Morgan fingerprint density at radius 1 is 0.652 bits per heavy atom. The minimum atomic E-state index is 0.663. The van der Waals surface area contributed by atoms with Gasteiger partial charge in [-0.1, -0.05) is 13.8 Å². The van der Waals surface area contributed by atoms with Gasteiger partial charge in [-0.05, 0) is 128 Å². The first kappa shape index (κ1) is 13.2. The highest BCUT2D eigenvalue weighted by Crippen LogP contribution is 2.88. The Morgan fingerprint density at radius 3 is 2.13 bits per heavy atom. The maximum Gasteiger partial charge on any atom is -0.0171 e. The molecule has 8 saturated carbocycles. The highest BCUT2D eigenvalue weighted by molar-refractivity contribution is 5.29. The van der Waals surface area contributed by atoms with Crippen LogP contribution in [0.2, 0.25) is 0 Å². The molecular weight excluding hydrogens is 276 g/mol. The van der Waals surface area contributed by atoms with E-state index in [9.17, 15) is 0 Å². The fourth-order valence-electron chi connectivity index (χ4n) is 12.4. The molecule has 0 saturated heterocycles. The summed E-state index contributed by atoms with van der Waals surface area (Å²) in [4.78, 5) is 0. The number of hydrogen-bond donors (Lipinski definition) is 0. The largest absolute Gasteiger partial charge is 0.0593 e. The summed E-state index contributed by atoms with van der Waals surface area (Å²) in [5, 5.41) is 0. The lowest BCUT2D eigenvalue weighted by atomic mass is 9.38. The summed E-state index contributed by atoms with van der Waals surface area (Å²) < 4.78 is 0. The van der Waals surface area contributed by atoms with Gasteiger partial charge in [0.1, 0.15) is 0 Å². The van der Waals surface area contributed by atoms with Crippen LogP contribution in [0.1, 0.15) is 78.1 Å². The molecule has 7 bridgehead atoms. The zero-order valence-electron chi connectivity index (χ0n) is 15.2. The molecule has 8 unspecified atom stereocenters. The molecule has 8 atom stereocenters. The van der Waals surface area contributed by atoms with Gasteiger partial charge in [-0.2, -0.15) is 0 Å². The van der Waals surface area contributed by atoms with Crippen molar-refractivity contribution in [2.75, 3.05) is 0 Å². The summed E-state index contributed by atoms with van der Waals surface area (Å²) in [5.41, 5.74) is 2.33. The van der Waals surface area contributed by atoms with Gasteiger partial charge in [-0.15, -0.1) is 0 Å². The molecule has 0 heteroatoms. The summed E-state index contributed by atoms with van der Waals surface area (Å²) in [7, 11) is 0. The van der Waals surface area contributed by atoms with Crippen LogP contribution in [0.15, 0.2) is 0 Å². The molecule has 8 rings (SSSR count). The van der Waals surface area contributed by atoms with Gasteiger partial charge < -0.3 is 0 Å². The maximum atomic E-state index is 2.77. The lowest BCUT2D eigenvalue weighted by Gasteiger charge is -2.67. The van der Waals surface area contributed by atoms with Crippen LogP contribution in [-0.2, 0) is 0 Å². The van der Waals surface area contributed by atoms with E-state index in [2.05, 4.69) is 13.8 Å². The molecule has 0 radical (unpaired) electrons. The lowest BCUT2D eigenvalue weighted by molar-refractivity contribution is -0.182. The average molecular weight is 311 g/mol. The van der Waals surface area contributed by atoms with Gasteiger partial charge in [-0.3, -0.25) is 0 Å². The van der Waals surface area contributed by atoms with Crippen LogP contribution in [0.3, 0.4) is 0 Å². The number of hydrogen-bond acceptors (Lipinski definition) is 0. The first-order valence-electron chi connectivity index (χ1n) is 11.0. The first-order chi connectivity index (χ1) is 11.0. The zero-order valence-corrected chi connectivity index (χ0v) is 15.2. The Labute approximate surface area is 142 Å². The normalized spacial score (nSPS) is 69.1. The highest BCUT2D eigenvalue weighted by Gasteiger charge is 2.81. The third-order valence-corrected chi connectivity index (χ3v) is 11.4. The van der Waals surface area contributed by atoms with Crippen molar-refractivity contribution in [2.24, 2.45) is 63.6 Å². The van der Waals surface area contributed by atoms with Crippen LogP contribution >= 0.6 is 0 Å². The van der Waals surface area contributed by atoms with Crippen LogP contribution in [0.25, 0.3) is 0 Å². The van der Waals surface area contributed by atoms with E-state index in [0.29, 0.717) is 5.41 Å². The second-order valence-electron chi connectivity index (χ2n) is 12.2. The van der Waals surface area contributed by atoms with E-state index < -0.39 is 0 Å². The van der Waals surface area contributed by atoms with Crippen LogP contribution < -0.4 is 0 Å². The minimum Gasteiger partial charge on any atom is -0.0593 e. The van der Waals surface area contributed by atoms with E-state index in [1.54, 1.807) is 64.2 Å². The molecule has 0 N–H and O–H groups in total. The molecule has 0 amide bonds. The molecule has 0 aromatic heterocycles. The average Bonchev–Trinajstić information content (AvgIpc) is 2.76. The van der Waals surface area contributed by atoms with Crippen molar-refractivity contribution >= 4 is 0 Å². The summed E-state index contributed by atoms with van der Waals surface area (Å²) in [6.45, 7) is 5.55. The SMILES string of the molecule is CC1(C)C2C3CC4CC(C3)CC2(C4)C23CC4CC(CCC2C4)C13. The molecule has 8 fully saturated rings. The predicted octanol–water partition coefficient (Wildman–Crippen LogP) is 5.91. The molecule has 2 spiro atoms. The zero-order chi connectivity index (χ0) is 15.2. The Morgan fingerprint density at radius 2 is 1.35 bits per heavy atom. The molecule has 0 aliphatic heterocycles. The Balaban J connectivity index is 1.52. The first-order valence-corrected chi connectivity index (χ1v) is 11.0. The Kier molecular flexibility index (Phi) is 2.06. The van der Waals surface area contributed by atoms with Crippen molar-refractivity contribution in [3.63, 3.8) is 0 Å². The van der Waals surface area contributed by atoms with Crippen molar-refractivity contribution in [3.05, 3.63) is 0 Å². The fourth-order valence-corrected chi connectivity index (χ4v) is 12.4. The van der Waals surface area contributed by atoms with Gasteiger partial charge in [-0.25, -0.2) is 0 Å². The van der Waals surface area contributed by atoms with Gasteiger partial charge in [0.15, 0.2) is 0 Å². The van der Waals surface area contributed by atoms with E-state index in [0.717, 1.165) is 58.2 Å². The van der Waals surface area contributed by atoms with E-state index in [1.807, 2.05) is 0 Å². The quantitative estimate of drug-likeness (QED) is 0.521. The molecule has 0 heterocycles. The maximum absolute atomic E-state index is 2.77. The number of rotatable bonds is 0. The smallest absolute Gasteiger partial charge is 0.0171 e. The van der Waals surface area contributed by atoms with Crippen molar-refractivity contribution in [1.82, 2.24) is 0 Å². The minimum absolute atomic E-state index is 0.663. The van der Waals surface area contributed by atoms with E-state index in [-0.39, 0.29) is 0 Å². The monoisotopic (exact) mass is 310 g/mol. The van der Waals surface area contributed by atoms with Gasteiger partial charge in [0.25, 0.3) is 0 Å². The summed E-state index contributed by atoms with van der Waals surface area (Å²) in [6.07, 6.45) is 16.5. The van der Waals surface area contributed by atoms with Crippen LogP contribution in [0.4, 0.5) is 0 Å². The van der Waals surface area contributed by atoms with Gasteiger partial charge in [0, 0.05) is 0 Å².